The summed E-state index contributed by atoms with van der Waals surface area (Å²) in [5.74, 6) is -0.160. The third-order valence-electron chi connectivity index (χ3n) is 2.57. The first-order valence-corrected chi connectivity index (χ1v) is 6.79. The number of nitrogens with zero attached hydrogens (tertiary/aromatic N) is 1. The molecule has 17 heavy (non-hydrogen) atoms. The topological polar surface area (TPSA) is 37.4 Å². The van der Waals surface area contributed by atoms with E-state index in [0.29, 0.717) is 0 Å². The predicted molar refractivity (Wildman–Crippen MR) is 72.7 cm³/mol. The van der Waals surface area contributed by atoms with Crippen molar-refractivity contribution >= 4 is 11.8 Å². The van der Waals surface area contributed by atoms with Gasteiger partial charge >= 0.3 is 0 Å². The fourth-order valence-electron chi connectivity index (χ4n) is 1.82. The molecular formula is C14H29NO2. The molecule has 0 heterocycles. The van der Waals surface area contributed by atoms with Gasteiger partial charge in [-0.15, -0.1) is 0 Å². The van der Waals surface area contributed by atoms with Crippen molar-refractivity contribution in [2.75, 3.05) is 0 Å². The summed E-state index contributed by atoms with van der Waals surface area (Å²) >= 11 is 0. The highest BCUT2D eigenvalue weighted by molar-refractivity contribution is 5.95. The SMILES string of the molecule is CC.CCCC(CC)C(=O)N(C(C)=O)C(C)C. The van der Waals surface area contributed by atoms with Gasteiger partial charge < -0.3 is 0 Å². The maximum atomic E-state index is 12.1. The number of amides is 2. The van der Waals surface area contributed by atoms with Gasteiger partial charge in [0.2, 0.25) is 11.8 Å². The molecule has 0 radical (unpaired) electrons. The van der Waals surface area contributed by atoms with Gasteiger partial charge in [0, 0.05) is 18.9 Å². The van der Waals surface area contributed by atoms with Crippen molar-refractivity contribution < 1.29 is 9.59 Å². The maximum absolute atomic E-state index is 12.1. The maximum Gasteiger partial charge on any atom is 0.232 e. The second-order valence-corrected chi connectivity index (χ2v) is 4.21. The van der Waals surface area contributed by atoms with Crippen LogP contribution in [0, 0.1) is 5.92 Å². The van der Waals surface area contributed by atoms with Crippen molar-refractivity contribution in [3.8, 4) is 0 Å². The van der Waals surface area contributed by atoms with Crippen LogP contribution in [0.2, 0.25) is 0 Å². The Bertz CT molecular complexity index is 224. The zero-order chi connectivity index (χ0) is 14.0. The van der Waals surface area contributed by atoms with Crippen LogP contribution in [-0.2, 0) is 9.59 Å². The second-order valence-electron chi connectivity index (χ2n) is 4.21. The van der Waals surface area contributed by atoms with Crippen LogP contribution in [-0.4, -0.2) is 22.8 Å². The molecule has 0 aliphatic carbocycles. The van der Waals surface area contributed by atoms with Gasteiger partial charge in [0.25, 0.3) is 0 Å². The van der Waals surface area contributed by atoms with E-state index < -0.39 is 0 Å². The van der Waals surface area contributed by atoms with Crippen LogP contribution >= 0.6 is 0 Å². The fourth-order valence-corrected chi connectivity index (χ4v) is 1.82. The lowest BCUT2D eigenvalue weighted by Gasteiger charge is -2.27. The van der Waals surface area contributed by atoms with E-state index in [0.717, 1.165) is 19.3 Å². The van der Waals surface area contributed by atoms with Crippen LogP contribution < -0.4 is 0 Å². The molecule has 1 unspecified atom stereocenters. The van der Waals surface area contributed by atoms with Crippen molar-refractivity contribution in [3.05, 3.63) is 0 Å². The number of carbonyl (C=O) groups is 2. The monoisotopic (exact) mass is 243 g/mol. The molecule has 0 spiro atoms. The first-order valence-electron chi connectivity index (χ1n) is 6.79. The number of carbonyl (C=O) groups excluding carboxylic acids is 2. The minimum Gasteiger partial charge on any atom is -0.280 e. The van der Waals surface area contributed by atoms with Crippen molar-refractivity contribution in [2.45, 2.75) is 73.8 Å². The normalized spacial score (nSPS) is 11.5. The van der Waals surface area contributed by atoms with Crippen molar-refractivity contribution in [1.29, 1.82) is 0 Å². The van der Waals surface area contributed by atoms with Crippen molar-refractivity contribution in [2.24, 2.45) is 5.92 Å². The van der Waals surface area contributed by atoms with Crippen LogP contribution in [0.1, 0.15) is 67.7 Å². The highest BCUT2D eigenvalue weighted by atomic mass is 16.2. The molecule has 3 heteroatoms. The van der Waals surface area contributed by atoms with Gasteiger partial charge in [0.05, 0.1) is 0 Å². The summed E-state index contributed by atoms with van der Waals surface area (Å²) < 4.78 is 0. The van der Waals surface area contributed by atoms with Gasteiger partial charge in [0.1, 0.15) is 0 Å². The summed E-state index contributed by atoms with van der Waals surface area (Å²) in [6.45, 7) is 13.3. The van der Waals surface area contributed by atoms with Gasteiger partial charge in [-0.2, -0.15) is 0 Å². The van der Waals surface area contributed by atoms with Crippen LogP contribution in [0.5, 0.6) is 0 Å². The third-order valence-corrected chi connectivity index (χ3v) is 2.57. The van der Waals surface area contributed by atoms with E-state index in [2.05, 4.69) is 6.92 Å². The molecule has 0 fully saturated rings. The molecule has 0 saturated heterocycles. The molecule has 0 aromatic heterocycles. The number of imide groups is 1. The lowest BCUT2D eigenvalue weighted by atomic mass is 9.98. The van der Waals surface area contributed by atoms with Crippen LogP contribution in [0.15, 0.2) is 0 Å². The van der Waals surface area contributed by atoms with Gasteiger partial charge in [0.15, 0.2) is 0 Å². The smallest absolute Gasteiger partial charge is 0.232 e. The molecule has 2 amide bonds. The summed E-state index contributed by atoms with van der Waals surface area (Å²) in [6, 6.07) is -0.0408. The lowest BCUT2D eigenvalue weighted by Crippen LogP contribution is -2.43. The first kappa shape index (κ1) is 18.5. The summed E-state index contributed by atoms with van der Waals surface area (Å²) in [5.41, 5.74) is 0. The number of hydrogen-bond donors (Lipinski definition) is 0. The van der Waals surface area contributed by atoms with E-state index in [1.807, 2.05) is 34.6 Å². The van der Waals surface area contributed by atoms with E-state index >= 15 is 0 Å². The summed E-state index contributed by atoms with van der Waals surface area (Å²) in [6.07, 6.45) is 2.66. The van der Waals surface area contributed by atoms with Crippen LogP contribution in [0.3, 0.4) is 0 Å². The number of rotatable bonds is 5. The lowest BCUT2D eigenvalue weighted by molar-refractivity contribution is -0.148. The minimum absolute atomic E-state index is 0.00120. The van der Waals surface area contributed by atoms with Gasteiger partial charge in [-0.05, 0) is 26.7 Å². The Hall–Kier alpha value is -0.860. The molecule has 0 rings (SSSR count). The largest absolute Gasteiger partial charge is 0.280 e. The molecular weight excluding hydrogens is 214 g/mol. The molecule has 102 valence electrons. The second kappa shape index (κ2) is 10.3. The Balaban J connectivity index is 0. The van der Waals surface area contributed by atoms with Crippen LogP contribution in [0.25, 0.3) is 0 Å². The highest BCUT2D eigenvalue weighted by Gasteiger charge is 2.26. The average molecular weight is 243 g/mol. The van der Waals surface area contributed by atoms with E-state index in [-0.39, 0.29) is 23.8 Å². The molecule has 1 atom stereocenters. The fraction of sp³-hybridized carbons (Fsp3) is 0.857. The zero-order valence-electron chi connectivity index (χ0n) is 12.5. The Labute approximate surface area is 107 Å². The quantitative estimate of drug-likeness (QED) is 0.739. The van der Waals surface area contributed by atoms with Crippen LogP contribution in [0.4, 0.5) is 0 Å². The van der Waals surface area contributed by atoms with E-state index in [9.17, 15) is 9.59 Å². The third kappa shape index (κ3) is 6.44. The molecule has 0 N–H and O–H groups in total. The Morgan fingerprint density at radius 1 is 1.12 bits per heavy atom. The average Bonchev–Trinajstić information content (AvgIpc) is 2.27. The molecule has 0 bridgehead atoms. The number of hydrogen-bond acceptors (Lipinski definition) is 2. The van der Waals surface area contributed by atoms with Crippen molar-refractivity contribution in [3.63, 3.8) is 0 Å². The van der Waals surface area contributed by atoms with E-state index in [4.69, 9.17) is 0 Å². The molecule has 0 aromatic rings. The zero-order valence-corrected chi connectivity index (χ0v) is 12.5. The Kier molecular flexibility index (Phi) is 11.2. The standard InChI is InChI=1S/C12H23NO2.C2H6/c1-6-8-11(7-2)12(15)13(9(3)4)10(5)14;1-2/h9,11H,6-8H2,1-5H3;1-2H3. The molecule has 0 aromatic carbocycles. The summed E-state index contributed by atoms with van der Waals surface area (Å²) in [7, 11) is 0. The Morgan fingerprint density at radius 3 is 1.82 bits per heavy atom. The van der Waals surface area contributed by atoms with Gasteiger partial charge in [-0.25, -0.2) is 0 Å². The highest BCUT2D eigenvalue weighted by Crippen LogP contribution is 2.16. The molecule has 0 aliphatic heterocycles. The Morgan fingerprint density at radius 2 is 1.59 bits per heavy atom. The summed E-state index contributed by atoms with van der Waals surface area (Å²) in [4.78, 5) is 24.8. The predicted octanol–water partition coefficient (Wildman–Crippen LogP) is 3.62. The van der Waals surface area contributed by atoms with Crippen molar-refractivity contribution in [1.82, 2.24) is 4.90 Å². The molecule has 0 aliphatic rings. The first-order chi connectivity index (χ1) is 7.95. The molecule has 3 nitrogen and oxygen atoms in total. The summed E-state index contributed by atoms with van der Waals surface area (Å²) in [5, 5.41) is 0. The van der Waals surface area contributed by atoms with E-state index in [1.54, 1.807) is 0 Å². The van der Waals surface area contributed by atoms with E-state index in [1.165, 1.54) is 11.8 Å². The minimum atomic E-state index is -0.149. The molecule has 0 saturated carbocycles. The van der Waals surface area contributed by atoms with Gasteiger partial charge in [-0.1, -0.05) is 34.1 Å². The van der Waals surface area contributed by atoms with Gasteiger partial charge in [-0.3, -0.25) is 14.5 Å².